The van der Waals surface area contributed by atoms with Crippen LogP contribution in [0.1, 0.15) is 31.4 Å². The molecule has 0 bridgehead atoms. The summed E-state index contributed by atoms with van der Waals surface area (Å²) in [6.07, 6.45) is 7.19. The number of hydrogen-bond donors (Lipinski definition) is 1. The monoisotopic (exact) mass is 352 g/mol. The number of pyridine rings is 1. The first-order chi connectivity index (χ1) is 12.6. The van der Waals surface area contributed by atoms with Crippen LogP contribution < -0.4 is 10.6 Å². The molecule has 0 radical (unpaired) electrons. The third-order valence-electron chi connectivity index (χ3n) is 5.44. The minimum Gasteiger partial charge on any atom is -0.384 e. The minimum absolute atomic E-state index is 0.0922. The van der Waals surface area contributed by atoms with Crippen LogP contribution in [0.25, 0.3) is 0 Å². The van der Waals surface area contributed by atoms with E-state index in [9.17, 15) is 4.79 Å². The van der Waals surface area contributed by atoms with Gasteiger partial charge in [-0.3, -0.25) is 9.78 Å². The topological polar surface area (TPSA) is 88.2 Å². The van der Waals surface area contributed by atoms with E-state index in [1.807, 2.05) is 23.1 Å². The maximum Gasteiger partial charge on any atom is 0.227 e. The molecule has 1 amide bonds. The van der Waals surface area contributed by atoms with Crippen LogP contribution in [0.4, 0.5) is 11.8 Å². The van der Waals surface area contributed by atoms with E-state index in [0.717, 1.165) is 44.6 Å². The number of nitrogen functional groups attached to an aromatic ring is 1. The molecule has 2 fully saturated rings. The van der Waals surface area contributed by atoms with Crippen LogP contribution >= 0.6 is 0 Å². The van der Waals surface area contributed by atoms with E-state index < -0.39 is 0 Å². The smallest absolute Gasteiger partial charge is 0.227 e. The summed E-state index contributed by atoms with van der Waals surface area (Å²) in [6.45, 7) is 3.14. The number of rotatable bonds is 3. The zero-order valence-electron chi connectivity index (χ0n) is 14.8. The quantitative estimate of drug-likeness (QED) is 0.907. The Balaban J connectivity index is 1.51. The lowest BCUT2D eigenvalue weighted by Crippen LogP contribution is -2.54. The molecule has 2 aromatic rings. The molecule has 7 nitrogen and oxygen atoms in total. The van der Waals surface area contributed by atoms with Gasteiger partial charge in [-0.1, -0.05) is 6.07 Å². The van der Waals surface area contributed by atoms with Crippen molar-refractivity contribution in [1.29, 1.82) is 0 Å². The van der Waals surface area contributed by atoms with Crippen LogP contribution in [-0.2, 0) is 11.3 Å². The number of anilines is 2. The lowest BCUT2D eigenvalue weighted by Gasteiger charge is -2.48. The van der Waals surface area contributed by atoms with Crippen molar-refractivity contribution in [2.24, 2.45) is 5.41 Å². The molecule has 0 saturated carbocycles. The van der Waals surface area contributed by atoms with Crippen molar-refractivity contribution in [2.75, 3.05) is 30.3 Å². The highest BCUT2D eigenvalue weighted by Crippen LogP contribution is 2.40. The van der Waals surface area contributed by atoms with E-state index in [-0.39, 0.29) is 11.3 Å². The molecule has 0 aliphatic carbocycles. The van der Waals surface area contributed by atoms with Crippen molar-refractivity contribution in [3.05, 3.63) is 42.4 Å². The average Bonchev–Trinajstić information content (AvgIpc) is 2.66. The van der Waals surface area contributed by atoms with Gasteiger partial charge in [0, 0.05) is 43.9 Å². The first-order valence-corrected chi connectivity index (χ1v) is 9.15. The molecule has 2 aliphatic rings. The number of nitrogens with two attached hydrogens (primary N) is 1. The zero-order valence-corrected chi connectivity index (χ0v) is 14.8. The fourth-order valence-electron chi connectivity index (χ4n) is 4.16. The molecule has 2 N–H and O–H groups in total. The van der Waals surface area contributed by atoms with Crippen molar-refractivity contribution in [3.63, 3.8) is 0 Å². The Bertz CT molecular complexity index is 783. The van der Waals surface area contributed by atoms with Crippen molar-refractivity contribution in [1.82, 2.24) is 19.9 Å². The summed E-state index contributed by atoms with van der Waals surface area (Å²) in [5.41, 5.74) is 6.85. The lowest BCUT2D eigenvalue weighted by molar-refractivity contribution is -0.138. The molecule has 2 saturated heterocycles. The van der Waals surface area contributed by atoms with Gasteiger partial charge in [0.2, 0.25) is 11.9 Å². The van der Waals surface area contributed by atoms with Gasteiger partial charge in [-0.2, -0.15) is 4.98 Å². The highest BCUT2D eigenvalue weighted by atomic mass is 16.2. The van der Waals surface area contributed by atoms with Gasteiger partial charge in [0.05, 0.1) is 12.2 Å². The van der Waals surface area contributed by atoms with Gasteiger partial charge in [0.1, 0.15) is 5.82 Å². The summed E-state index contributed by atoms with van der Waals surface area (Å²) in [5, 5.41) is 0. The minimum atomic E-state index is 0.0922. The summed E-state index contributed by atoms with van der Waals surface area (Å²) in [4.78, 5) is 29.8. The normalized spacial score (nSPS) is 23.5. The molecule has 136 valence electrons. The van der Waals surface area contributed by atoms with Crippen molar-refractivity contribution in [2.45, 2.75) is 32.2 Å². The lowest BCUT2D eigenvalue weighted by atomic mass is 9.73. The van der Waals surface area contributed by atoms with E-state index in [0.29, 0.717) is 24.7 Å². The van der Waals surface area contributed by atoms with Gasteiger partial charge >= 0.3 is 0 Å². The molecule has 0 unspecified atom stereocenters. The number of carbonyl (C=O) groups is 1. The zero-order chi connectivity index (χ0) is 18.0. The SMILES string of the molecule is Nc1ccnc(N2CCC[C@@]3(CCC(=O)N(Cc4ccccn4)C3)C2)n1. The number of likely N-dealkylation sites (tertiary alicyclic amines) is 1. The van der Waals surface area contributed by atoms with Crippen LogP contribution in [0.2, 0.25) is 0 Å². The summed E-state index contributed by atoms with van der Waals surface area (Å²) < 4.78 is 0. The van der Waals surface area contributed by atoms with E-state index >= 15 is 0 Å². The Morgan fingerprint density at radius 2 is 2.04 bits per heavy atom. The van der Waals surface area contributed by atoms with Crippen LogP contribution in [0.3, 0.4) is 0 Å². The highest BCUT2D eigenvalue weighted by molar-refractivity contribution is 5.77. The van der Waals surface area contributed by atoms with Gasteiger partial charge in [0.15, 0.2) is 0 Å². The van der Waals surface area contributed by atoms with Crippen LogP contribution in [0.5, 0.6) is 0 Å². The standard InChI is InChI=1S/C19H24N6O/c20-16-6-10-22-18(23-16)24-11-3-7-19(13-24)8-5-17(26)25(14-19)12-15-4-1-2-9-21-15/h1-2,4,6,9-10H,3,5,7-8,11-14H2,(H2,20,22,23)/t19-/m1/s1. The fraction of sp³-hybridized carbons (Fsp3) is 0.474. The second-order valence-corrected chi connectivity index (χ2v) is 7.38. The Morgan fingerprint density at radius 1 is 1.12 bits per heavy atom. The van der Waals surface area contributed by atoms with E-state index in [1.165, 1.54) is 0 Å². The molecule has 2 aliphatic heterocycles. The molecular formula is C19H24N6O. The number of piperidine rings is 2. The number of nitrogens with zero attached hydrogens (tertiary/aromatic N) is 5. The Labute approximate surface area is 153 Å². The summed E-state index contributed by atoms with van der Waals surface area (Å²) in [7, 11) is 0. The Hall–Kier alpha value is -2.70. The van der Waals surface area contributed by atoms with Crippen LogP contribution in [0, 0.1) is 5.41 Å². The summed E-state index contributed by atoms with van der Waals surface area (Å²) in [6, 6.07) is 7.54. The third-order valence-corrected chi connectivity index (χ3v) is 5.44. The summed E-state index contributed by atoms with van der Waals surface area (Å²) >= 11 is 0. The molecule has 7 heteroatoms. The van der Waals surface area contributed by atoms with Crippen LogP contribution in [0.15, 0.2) is 36.7 Å². The largest absolute Gasteiger partial charge is 0.384 e. The number of hydrogen-bond acceptors (Lipinski definition) is 6. The summed E-state index contributed by atoms with van der Waals surface area (Å²) in [5.74, 6) is 1.40. The molecule has 4 heterocycles. The maximum absolute atomic E-state index is 12.5. The van der Waals surface area contributed by atoms with Gasteiger partial charge < -0.3 is 15.5 Å². The van der Waals surface area contributed by atoms with Crippen LogP contribution in [-0.4, -0.2) is 45.4 Å². The number of amides is 1. The molecule has 1 atom stereocenters. The van der Waals surface area contributed by atoms with Crippen molar-refractivity contribution in [3.8, 4) is 0 Å². The first kappa shape index (κ1) is 16.8. The number of aromatic nitrogens is 3. The molecule has 4 rings (SSSR count). The van der Waals surface area contributed by atoms with Gasteiger partial charge in [0.25, 0.3) is 0 Å². The number of carbonyl (C=O) groups excluding carboxylic acids is 1. The average molecular weight is 352 g/mol. The second kappa shape index (κ2) is 6.90. The molecule has 2 aromatic heterocycles. The van der Waals surface area contributed by atoms with E-state index in [2.05, 4.69) is 19.9 Å². The predicted molar refractivity (Wildman–Crippen MR) is 99.2 cm³/mol. The Kier molecular flexibility index (Phi) is 4.44. The highest BCUT2D eigenvalue weighted by Gasteiger charge is 2.42. The molecule has 1 spiro atoms. The fourth-order valence-corrected chi connectivity index (χ4v) is 4.16. The van der Waals surface area contributed by atoms with Gasteiger partial charge in [-0.25, -0.2) is 4.98 Å². The predicted octanol–water partition coefficient (Wildman–Crippen LogP) is 1.86. The third kappa shape index (κ3) is 3.47. The second-order valence-electron chi connectivity index (χ2n) is 7.38. The van der Waals surface area contributed by atoms with E-state index in [1.54, 1.807) is 18.5 Å². The van der Waals surface area contributed by atoms with E-state index in [4.69, 9.17) is 5.73 Å². The maximum atomic E-state index is 12.5. The molecule has 26 heavy (non-hydrogen) atoms. The molecular weight excluding hydrogens is 328 g/mol. The van der Waals surface area contributed by atoms with Gasteiger partial charge in [-0.15, -0.1) is 0 Å². The first-order valence-electron chi connectivity index (χ1n) is 9.15. The van der Waals surface area contributed by atoms with Gasteiger partial charge in [-0.05, 0) is 37.5 Å². The van der Waals surface area contributed by atoms with Crippen molar-refractivity contribution < 1.29 is 4.79 Å². The Morgan fingerprint density at radius 3 is 2.85 bits per heavy atom. The van der Waals surface area contributed by atoms with Crippen molar-refractivity contribution >= 4 is 17.7 Å². The molecule has 0 aromatic carbocycles.